The minimum absolute atomic E-state index is 0.286. The molecule has 1 N–H and O–H groups in total. The summed E-state index contributed by atoms with van der Waals surface area (Å²) < 4.78 is 0. The van der Waals surface area contributed by atoms with E-state index in [2.05, 4.69) is 25.1 Å². The second-order valence-electron chi connectivity index (χ2n) is 4.83. The molecule has 1 nitrogen and oxygen atoms in total. The van der Waals surface area contributed by atoms with Crippen molar-refractivity contribution in [3.8, 4) is 12.3 Å². The van der Waals surface area contributed by atoms with Gasteiger partial charge in [0.2, 0.25) is 0 Å². The van der Waals surface area contributed by atoms with E-state index in [-0.39, 0.29) is 6.04 Å². The number of hydrogen-bond donors (Lipinski definition) is 1. The van der Waals surface area contributed by atoms with Crippen molar-refractivity contribution in [1.82, 2.24) is 5.32 Å². The second kappa shape index (κ2) is 6.90. The van der Waals surface area contributed by atoms with E-state index in [0.717, 1.165) is 24.8 Å². The van der Waals surface area contributed by atoms with Gasteiger partial charge in [0.1, 0.15) is 0 Å². The van der Waals surface area contributed by atoms with Crippen LogP contribution in [-0.4, -0.2) is 12.6 Å². The van der Waals surface area contributed by atoms with Crippen LogP contribution < -0.4 is 5.32 Å². The molecule has 15 heavy (non-hydrogen) atoms. The van der Waals surface area contributed by atoms with E-state index in [1.54, 1.807) is 0 Å². The zero-order valence-corrected chi connectivity index (χ0v) is 10.3. The van der Waals surface area contributed by atoms with Gasteiger partial charge in [-0.3, -0.25) is 0 Å². The predicted octanol–water partition coefficient (Wildman–Crippen LogP) is 3.20. The zero-order chi connectivity index (χ0) is 11.1. The summed E-state index contributed by atoms with van der Waals surface area (Å²) >= 11 is 0. The summed E-state index contributed by atoms with van der Waals surface area (Å²) in [6.07, 6.45) is 13.5. The maximum atomic E-state index is 5.43. The molecule has 1 unspecified atom stereocenters. The summed E-state index contributed by atoms with van der Waals surface area (Å²) in [4.78, 5) is 0. The molecule has 1 aliphatic rings. The van der Waals surface area contributed by atoms with Gasteiger partial charge >= 0.3 is 0 Å². The van der Waals surface area contributed by atoms with Gasteiger partial charge in [0, 0.05) is 0 Å². The van der Waals surface area contributed by atoms with Crippen molar-refractivity contribution in [2.24, 2.45) is 11.8 Å². The maximum Gasteiger partial charge on any atom is 0.0684 e. The molecule has 1 aliphatic carbocycles. The molecule has 1 heteroatoms. The van der Waals surface area contributed by atoms with Crippen molar-refractivity contribution >= 4 is 0 Å². The third-order valence-electron chi connectivity index (χ3n) is 3.81. The summed E-state index contributed by atoms with van der Waals surface area (Å²) in [5.74, 6) is 4.67. The normalized spacial score (nSPS) is 28.3. The van der Waals surface area contributed by atoms with Crippen molar-refractivity contribution in [1.29, 1.82) is 0 Å². The standard InChI is InChI=1S/C14H25N/c1-4-12-7-9-13(10-8-12)11-15-14(5-2)6-3/h2,12-15H,4,6-11H2,1,3H3. The fourth-order valence-electron chi connectivity index (χ4n) is 2.47. The molecule has 1 rings (SSSR count). The lowest BCUT2D eigenvalue weighted by atomic mass is 9.81. The molecule has 1 saturated carbocycles. The summed E-state index contributed by atoms with van der Waals surface area (Å²) in [5.41, 5.74) is 0. The van der Waals surface area contributed by atoms with Gasteiger partial charge < -0.3 is 5.32 Å². The van der Waals surface area contributed by atoms with E-state index < -0.39 is 0 Å². The van der Waals surface area contributed by atoms with Gasteiger partial charge in [-0.1, -0.05) is 39.0 Å². The second-order valence-corrected chi connectivity index (χ2v) is 4.83. The topological polar surface area (TPSA) is 12.0 Å². The van der Waals surface area contributed by atoms with Crippen LogP contribution in [0.3, 0.4) is 0 Å². The highest BCUT2D eigenvalue weighted by atomic mass is 14.9. The van der Waals surface area contributed by atoms with Crippen LogP contribution in [0.5, 0.6) is 0 Å². The Kier molecular flexibility index (Phi) is 5.79. The van der Waals surface area contributed by atoms with Crippen molar-refractivity contribution in [3.63, 3.8) is 0 Å². The molecule has 0 heterocycles. The van der Waals surface area contributed by atoms with Crippen LogP contribution in [0.1, 0.15) is 52.4 Å². The van der Waals surface area contributed by atoms with Gasteiger partial charge in [-0.15, -0.1) is 6.42 Å². The number of hydrogen-bond acceptors (Lipinski definition) is 1. The van der Waals surface area contributed by atoms with E-state index in [0.29, 0.717) is 0 Å². The van der Waals surface area contributed by atoms with Crippen LogP contribution >= 0.6 is 0 Å². The largest absolute Gasteiger partial charge is 0.303 e. The Labute approximate surface area is 95.0 Å². The average Bonchev–Trinajstić information content (AvgIpc) is 2.31. The molecule has 1 atom stereocenters. The molecule has 86 valence electrons. The summed E-state index contributed by atoms with van der Waals surface area (Å²) in [7, 11) is 0. The van der Waals surface area contributed by atoms with Crippen LogP contribution in [0.15, 0.2) is 0 Å². The van der Waals surface area contributed by atoms with Gasteiger partial charge in [-0.2, -0.15) is 0 Å². The van der Waals surface area contributed by atoms with Gasteiger partial charge in [0.05, 0.1) is 6.04 Å². The Morgan fingerprint density at radius 3 is 2.27 bits per heavy atom. The molecule has 0 aromatic rings. The van der Waals surface area contributed by atoms with Crippen LogP contribution in [0, 0.1) is 24.2 Å². The van der Waals surface area contributed by atoms with Crippen molar-refractivity contribution in [2.45, 2.75) is 58.4 Å². The highest BCUT2D eigenvalue weighted by molar-refractivity contribution is 4.98. The first-order chi connectivity index (χ1) is 7.30. The number of rotatable bonds is 5. The maximum absolute atomic E-state index is 5.43. The lowest BCUT2D eigenvalue weighted by Crippen LogP contribution is -2.33. The summed E-state index contributed by atoms with van der Waals surface area (Å²) in [5, 5.41) is 3.49. The molecular formula is C14H25N. The highest BCUT2D eigenvalue weighted by Gasteiger charge is 2.19. The van der Waals surface area contributed by atoms with Crippen molar-refractivity contribution < 1.29 is 0 Å². The first kappa shape index (κ1) is 12.6. The number of nitrogens with one attached hydrogen (secondary N) is 1. The van der Waals surface area contributed by atoms with Crippen LogP contribution in [0.4, 0.5) is 0 Å². The monoisotopic (exact) mass is 207 g/mol. The Hall–Kier alpha value is -0.480. The fraction of sp³-hybridized carbons (Fsp3) is 0.857. The molecule has 0 bridgehead atoms. The molecule has 0 saturated heterocycles. The van der Waals surface area contributed by atoms with Crippen LogP contribution in [-0.2, 0) is 0 Å². The van der Waals surface area contributed by atoms with E-state index >= 15 is 0 Å². The zero-order valence-electron chi connectivity index (χ0n) is 10.3. The third-order valence-corrected chi connectivity index (χ3v) is 3.81. The molecule has 0 aliphatic heterocycles. The SMILES string of the molecule is C#CC(CC)NCC1CCC(CC)CC1. The summed E-state index contributed by atoms with van der Waals surface area (Å²) in [6.45, 7) is 5.58. The summed E-state index contributed by atoms with van der Waals surface area (Å²) in [6, 6.07) is 0.286. The minimum atomic E-state index is 0.286. The van der Waals surface area contributed by atoms with E-state index in [9.17, 15) is 0 Å². The van der Waals surface area contributed by atoms with Gasteiger partial charge in [0.15, 0.2) is 0 Å². The van der Waals surface area contributed by atoms with E-state index in [4.69, 9.17) is 6.42 Å². The Morgan fingerprint density at radius 1 is 1.20 bits per heavy atom. The van der Waals surface area contributed by atoms with Crippen molar-refractivity contribution in [2.75, 3.05) is 6.54 Å². The Bertz CT molecular complexity index is 196. The quantitative estimate of drug-likeness (QED) is 0.683. The van der Waals surface area contributed by atoms with E-state index in [1.807, 2.05) is 0 Å². The van der Waals surface area contributed by atoms with Crippen molar-refractivity contribution in [3.05, 3.63) is 0 Å². The molecule has 0 spiro atoms. The molecule has 0 amide bonds. The first-order valence-electron chi connectivity index (χ1n) is 6.49. The van der Waals surface area contributed by atoms with Gasteiger partial charge in [-0.05, 0) is 37.6 Å². The molecule has 0 radical (unpaired) electrons. The fourth-order valence-corrected chi connectivity index (χ4v) is 2.47. The average molecular weight is 207 g/mol. The minimum Gasteiger partial charge on any atom is -0.303 e. The van der Waals surface area contributed by atoms with E-state index in [1.165, 1.54) is 32.1 Å². The Morgan fingerprint density at radius 2 is 1.80 bits per heavy atom. The Balaban J connectivity index is 2.16. The molecule has 0 aromatic heterocycles. The molecule has 0 aromatic carbocycles. The van der Waals surface area contributed by atoms with Gasteiger partial charge in [-0.25, -0.2) is 0 Å². The highest BCUT2D eigenvalue weighted by Crippen LogP contribution is 2.30. The van der Waals surface area contributed by atoms with Crippen LogP contribution in [0.25, 0.3) is 0 Å². The lowest BCUT2D eigenvalue weighted by Gasteiger charge is -2.28. The number of terminal acetylenes is 1. The van der Waals surface area contributed by atoms with Gasteiger partial charge in [0.25, 0.3) is 0 Å². The predicted molar refractivity (Wildman–Crippen MR) is 66.7 cm³/mol. The lowest BCUT2D eigenvalue weighted by molar-refractivity contribution is 0.260. The van der Waals surface area contributed by atoms with Crippen LogP contribution in [0.2, 0.25) is 0 Å². The smallest absolute Gasteiger partial charge is 0.0684 e. The first-order valence-corrected chi connectivity index (χ1v) is 6.49. The third kappa shape index (κ3) is 4.26. The molecule has 1 fully saturated rings. The molecular weight excluding hydrogens is 182 g/mol.